The molecule has 2 atom stereocenters. The third-order valence-electron chi connectivity index (χ3n) is 4.87. The first-order valence-electron chi connectivity index (χ1n) is 7.49. The van der Waals surface area contributed by atoms with Crippen LogP contribution in [0.2, 0.25) is 0 Å². The van der Waals surface area contributed by atoms with Crippen LogP contribution >= 0.6 is 0 Å². The van der Waals surface area contributed by atoms with Crippen LogP contribution in [0.5, 0.6) is 0 Å². The summed E-state index contributed by atoms with van der Waals surface area (Å²) in [5.41, 5.74) is -1.43. The van der Waals surface area contributed by atoms with E-state index in [2.05, 4.69) is 12.2 Å². The highest BCUT2D eigenvalue weighted by Gasteiger charge is 2.55. The van der Waals surface area contributed by atoms with Crippen molar-refractivity contribution < 1.29 is 9.59 Å². The minimum absolute atomic E-state index is 0.00162. The van der Waals surface area contributed by atoms with Crippen LogP contribution in [0.25, 0.3) is 0 Å². The number of hydrogen-bond donors (Lipinski definition) is 1. The number of amides is 2. The third-order valence-corrected chi connectivity index (χ3v) is 4.87. The number of piperazine rings is 1. The van der Waals surface area contributed by atoms with Crippen LogP contribution in [0.1, 0.15) is 67.2 Å². The summed E-state index contributed by atoms with van der Waals surface area (Å²) in [6.07, 6.45) is 2.80. The van der Waals surface area contributed by atoms with Crippen LogP contribution < -0.4 is 5.32 Å². The largest absolute Gasteiger partial charge is 0.340 e. The van der Waals surface area contributed by atoms with Gasteiger partial charge >= 0.3 is 0 Å². The molecule has 1 heterocycles. The Kier molecular flexibility index (Phi) is 4.64. The zero-order valence-corrected chi connectivity index (χ0v) is 13.2. The maximum absolute atomic E-state index is 12.9. The van der Waals surface area contributed by atoms with Crippen molar-refractivity contribution in [2.24, 2.45) is 0 Å². The van der Waals surface area contributed by atoms with E-state index in [0.29, 0.717) is 19.3 Å². The normalized spacial score (nSPS) is 28.2. The lowest BCUT2D eigenvalue weighted by Gasteiger charge is -2.53. The molecular weight excluding hydrogens is 240 g/mol. The summed E-state index contributed by atoms with van der Waals surface area (Å²) < 4.78 is 0. The first kappa shape index (κ1) is 16.0. The smallest absolute Gasteiger partial charge is 0.249 e. The molecule has 19 heavy (non-hydrogen) atoms. The molecular formula is C15H28N2O2. The number of carbonyl (C=O) groups excluding carboxylic acids is 2. The SMILES string of the molecule is CCC(C)N1C(=O)C(C)(CC)NC(=O)C1(CC)CC. The molecule has 0 spiro atoms. The van der Waals surface area contributed by atoms with E-state index >= 15 is 0 Å². The van der Waals surface area contributed by atoms with E-state index in [1.165, 1.54) is 0 Å². The topological polar surface area (TPSA) is 49.4 Å². The molecule has 0 aliphatic carbocycles. The van der Waals surface area contributed by atoms with Gasteiger partial charge in [-0.3, -0.25) is 9.59 Å². The van der Waals surface area contributed by atoms with E-state index in [9.17, 15) is 9.59 Å². The molecule has 110 valence electrons. The van der Waals surface area contributed by atoms with Crippen molar-refractivity contribution in [3.05, 3.63) is 0 Å². The lowest BCUT2D eigenvalue weighted by Crippen LogP contribution is -2.76. The Hall–Kier alpha value is -1.06. The highest BCUT2D eigenvalue weighted by molar-refractivity contribution is 6.02. The number of carbonyl (C=O) groups is 2. The Balaban J connectivity index is 3.34. The van der Waals surface area contributed by atoms with Crippen LogP contribution in [0, 0.1) is 0 Å². The molecule has 1 saturated heterocycles. The van der Waals surface area contributed by atoms with Gasteiger partial charge < -0.3 is 10.2 Å². The predicted octanol–water partition coefficient (Wildman–Crippen LogP) is 2.47. The van der Waals surface area contributed by atoms with Crippen molar-refractivity contribution in [3.63, 3.8) is 0 Å². The van der Waals surface area contributed by atoms with Crippen LogP contribution in [-0.4, -0.2) is 33.8 Å². The molecule has 0 saturated carbocycles. The molecule has 0 aromatic rings. The van der Waals surface area contributed by atoms with E-state index in [1.54, 1.807) is 0 Å². The zero-order valence-electron chi connectivity index (χ0n) is 13.2. The molecule has 1 aliphatic rings. The monoisotopic (exact) mass is 268 g/mol. The maximum atomic E-state index is 12.9. The van der Waals surface area contributed by atoms with Crippen LogP contribution in [0.4, 0.5) is 0 Å². The molecule has 1 aliphatic heterocycles. The lowest BCUT2D eigenvalue weighted by molar-refractivity contribution is -0.167. The Morgan fingerprint density at radius 1 is 1.11 bits per heavy atom. The highest BCUT2D eigenvalue weighted by Crippen LogP contribution is 2.35. The van der Waals surface area contributed by atoms with E-state index in [0.717, 1.165) is 6.42 Å². The number of nitrogens with one attached hydrogen (secondary N) is 1. The summed E-state index contributed by atoms with van der Waals surface area (Å²) in [5.74, 6) is 0.0643. The molecule has 2 unspecified atom stereocenters. The molecule has 1 fully saturated rings. The number of rotatable bonds is 5. The number of nitrogens with zero attached hydrogens (tertiary/aromatic N) is 1. The second-order valence-electron chi connectivity index (χ2n) is 5.81. The van der Waals surface area contributed by atoms with Crippen molar-refractivity contribution >= 4 is 11.8 Å². The fourth-order valence-corrected chi connectivity index (χ4v) is 2.95. The standard InChI is InChI=1S/C15H28N2O2/c1-7-11(5)17-13(19)14(6,8-2)16-12(18)15(17,9-3)10-4/h11H,7-10H2,1-6H3,(H,16,18). The molecule has 0 radical (unpaired) electrons. The van der Waals surface area contributed by atoms with Gasteiger partial charge in [-0.15, -0.1) is 0 Å². The van der Waals surface area contributed by atoms with Crippen LogP contribution in [0.15, 0.2) is 0 Å². The molecule has 1 rings (SSSR count). The molecule has 4 nitrogen and oxygen atoms in total. The minimum atomic E-state index is -0.756. The summed E-state index contributed by atoms with van der Waals surface area (Å²) in [6.45, 7) is 11.8. The fourth-order valence-electron chi connectivity index (χ4n) is 2.95. The number of hydrogen-bond acceptors (Lipinski definition) is 2. The average Bonchev–Trinajstić information content (AvgIpc) is 2.42. The van der Waals surface area contributed by atoms with Gasteiger partial charge in [-0.1, -0.05) is 27.7 Å². The predicted molar refractivity (Wildman–Crippen MR) is 76.8 cm³/mol. The van der Waals surface area contributed by atoms with Gasteiger partial charge in [0.15, 0.2) is 0 Å². The molecule has 1 N–H and O–H groups in total. The quantitative estimate of drug-likeness (QED) is 0.832. The Labute approximate surface area is 116 Å². The van der Waals surface area contributed by atoms with Gasteiger partial charge in [0.25, 0.3) is 0 Å². The zero-order chi connectivity index (χ0) is 14.8. The molecule has 0 aromatic heterocycles. The highest BCUT2D eigenvalue weighted by atomic mass is 16.2. The van der Waals surface area contributed by atoms with Gasteiger partial charge in [0.05, 0.1) is 0 Å². The Morgan fingerprint density at radius 3 is 2.00 bits per heavy atom. The van der Waals surface area contributed by atoms with Crippen molar-refractivity contribution in [3.8, 4) is 0 Å². The van der Waals surface area contributed by atoms with Gasteiger partial charge in [-0.25, -0.2) is 0 Å². The van der Waals surface area contributed by atoms with Crippen molar-refractivity contribution in [2.75, 3.05) is 0 Å². The van der Waals surface area contributed by atoms with Crippen LogP contribution in [0.3, 0.4) is 0 Å². The van der Waals surface area contributed by atoms with Gasteiger partial charge in [0.1, 0.15) is 11.1 Å². The van der Waals surface area contributed by atoms with E-state index in [-0.39, 0.29) is 17.9 Å². The van der Waals surface area contributed by atoms with Gasteiger partial charge in [0.2, 0.25) is 11.8 Å². The summed E-state index contributed by atoms with van der Waals surface area (Å²) >= 11 is 0. The second kappa shape index (κ2) is 5.51. The maximum Gasteiger partial charge on any atom is 0.249 e. The lowest BCUT2D eigenvalue weighted by atomic mass is 9.80. The third kappa shape index (κ3) is 2.26. The molecule has 0 aromatic carbocycles. The average molecular weight is 268 g/mol. The van der Waals surface area contributed by atoms with E-state index in [4.69, 9.17) is 0 Å². The Morgan fingerprint density at radius 2 is 1.63 bits per heavy atom. The van der Waals surface area contributed by atoms with E-state index in [1.807, 2.05) is 39.5 Å². The first-order valence-corrected chi connectivity index (χ1v) is 7.49. The Bertz CT molecular complexity index is 363. The van der Waals surface area contributed by atoms with Gasteiger partial charge in [-0.2, -0.15) is 0 Å². The molecule has 0 bridgehead atoms. The summed E-state index contributed by atoms with van der Waals surface area (Å²) in [6, 6.07) is 0.0873. The first-order chi connectivity index (χ1) is 8.82. The van der Waals surface area contributed by atoms with Crippen LogP contribution in [-0.2, 0) is 9.59 Å². The fraction of sp³-hybridized carbons (Fsp3) is 0.867. The summed E-state index contributed by atoms with van der Waals surface area (Å²) in [7, 11) is 0. The van der Waals surface area contributed by atoms with Gasteiger partial charge in [0, 0.05) is 6.04 Å². The van der Waals surface area contributed by atoms with E-state index < -0.39 is 11.1 Å². The molecule has 2 amide bonds. The second-order valence-corrected chi connectivity index (χ2v) is 5.81. The van der Waals surface area contributed by atoms with Crippen molar-refractivity contribution in [1.82, 2.24) is 10.2 Å². The summed E-state index contributed by atoms with van der Waals surface area (Å²) in [5, 5.41) is 2.96. The van der Waals surface area contributed by atoms with Crippen molar-refractivity contribution in [1.29, 1.82) is 0 Å². The van der Waals surface area contributed by atoms with Gasteiger partial charge in [-0.05, 0) is 39.5 Å². The van der Waals surface area contributed by atoms with Crippen molar-refractivity contribution in [2.45, 2.75) is 84.3 Å². The summed E-state index contributed by atoms with van der Waals surface area (Å²) in [4.78, 5) is 27.3. The molecule has 4 heteroatoms. The minimum Gasteiger partial charge on any atom is -0.340 e.